The molecule has 0 fully saturated rings. The predicted octanol–water partition coefficient (Wildman–Crippen LogP) is 6.44. The van der Waals surface area contributed by atoms with Gasteiger partial charge in [0.15, 0.2) is 0 Å². The van der Waals surface area contributed by atoms with E-state index in [0.29, 0.717) is 0 Å². The van der Waals surface area contributed by atoms with Crippen LogP contribution in [0.4, 0.5) is 0 Å². The van der Waals surface area contributed by atoms with E-state index in [9.17, 15) is 0 Å². The Kier molecular flexibility index (Phi) is 13.1. The van der Waals surface area contributed by atoms with Gasteiger partial charge in [-0.2, -0.15) is 0 Å². The zero-order valence-corrected chi connectivity index (χ0v) is 18.8. The summed E-state index contributed by atoms with van der Waals surface area (Å²) in [5.74, 6) is 3.68. The third kappa shape index (κ3) is 9.37. The van der Waals surface area contributed by atoms with Crippen LogP contribution >= 0.6 is 0 Å². The zero-order valence-electron chi connectivity index (χ0n) is 18.8. The molecule has 1 aliphatic rings. The highest BCUT2D eigenvalue weighted by Gasteiger charge is 2.10. The number of aryl methyl sites for hydroxylation is 1. The van der Waals surface area contributed by atoms with Gasteiger partial charge in [0.2, 0.25) is 0 Å². The van der Waals surface area contributed by atoms with Crippen molar-refractivity contribution in [3.8, 4) is 23.0 Å². The van der Waals surface area contributed by atoms with Crippen molar-refractivity contribution < 1.29 is 18.9 Å². The molecule has 0 N–H and O–H groups in total. The maximum atomic E-state index is 5.49. The van der Waals surface area contributed by atoms with Crippen LogP contribution in [0, 0.1) is 0 Å². The maximum absolute atomic E-state index is 5.49. The Morgan fingerprint density at radius 2 is 1.13 bits per heavy atom. The van der Waals surface area contributed by atoms with E-state index in [1.165, 1.54) is 5.56 Å². The summed E-state index contributed by atoms with van der Waals surface area (Å²) >= 11 is 0. The fourth-order valence-electron chi connectivity index (χ4n) is 2.56. The van der Waals surface area contributed by atoms with E-state index < -0.39 is 0 Å². The van der Waals surface area contributed by atoms with Crippen LogP contribution in [0.1, 0.15) is 25.8 Å². The fraction of sp³-hybridized carbons (Fsp3) is 0.308. The van der Waals surface area contributed by atoms with Gasteiger partial charge in [0.1, 0.15) is 23.0 Å². The fourth-order valence-corrected chi connectivity index (χ4v) is 2.56. The second-order valence-electron chi connectivity index (χ2n) is 5.96. The number of fused-ring (bicyclic) bond motifs is 1. The summed E-state index contributed by atoms with van der Waals surface area (Å²) in [5.41, 5.74) is 1.29. The van der Waals surface area contributed by atoms with Crippen molar-refractivity contribution in [2.45, 2.75) is 26.7 Å². The molecule has 30 heavy (non-hydrogen) atoms. The van der Waals surface area contributed by atoms with Gasteiger partial charge < -0.3 is 18.9 Å². The van der Waals surface area contributed by atoms with Gasteiger partial charge in [-0.15, -0.1) is 0 Å². The maximum Gasteiger partial charge on any atom is 0.126 e. The highest BCUT2D eigenvalue weighted by molar-refractivity contribution is 5.41. The molecule has 4 heteroatoms. The molecule has 4 rings (SSSR count). The Balaban J connectivity index is 0.000000223. The number of hydrogen-bond acceptors (Lipinski definition) is 4. The number of methoxy groups -OCH3 is 3. The number of ether oxygens (including phenoxy) is 4. The second-order valence-corrected chi connectivity index (χ2v) is 5.96. The Bertz CT molecular complexity index is 749. The minimum absolute atomic E-state index is 0.833. The Labute approximate surface area is 181 Å². The Morgan fingerprint density at radius 3 is 1.57 bits per heavy atom. The molecule has 1 aliphatic heterocycles. The molecule has 3 aromatic carbocycles. The molecule has 0 atom stereocenters. The Morgan fingerprint density at radius 1 is 0.633 bits per heavy atom. The molecule has 0 aliphatic carbocycles. The van der Waals surface area contributed by atoms with Crippen LogP contribution in [0.15, 0.2) is 78.9 Å². The summed E-state index contributed by atoms with van der Waals surface area (Å²) in [6.07, 6.45) is 2.25. The van der Waals surface area contributed by atoms with Crippen LogP contribution < -0.4 is 18.9 Å². The monoisotopic (exact) mass is 410 g/mol. The van der Waals surface area contributed by atoms with E-state index in [1.807, 2.05) is 86.6 Å². The van der Waals surface area contributed by atoms with Gasteiger partial charge in [-0.05, 0) is 48.7 Å². The van der Waals surface area contributed by atoms with Crippen molar-refractivity contribution in [1.29, 1.82) is 0 Å². The topological polar surface area (TPSA) is 36.9 Å². The van der Waals surface area contributed by atoms with Gasteiger partial charge in [0.25, 0.3) is 0 Å². The predicted molar refractivity (Wildman–Crippen MR) is 124 cm³/mol. The normalized spacial score (nSPS) is 10.7. The summed E-state index contributed by atoms with van der Waals surface area (Å²) in [6.45, 7) is 4.83. The molecule has 162 valence electrons. The summed E-state index contributed by atoms with van der Waals surface area (Å²) in [7, 11) is 5.00. The van der Waals surface area contributed by atoms with Crippen LogP contribution in [0.3, 0.4) is 0 Å². The first-order valence-corrected chi connectivity index (χ1v) is 10.2. The lowest BCUT2D eigenvalue weighted by molar-refractivity contribution is 0.286. The molecule has 0 radical (unpaired) electrons. The van der Waals surface area contributed by atoms with Crippen LogP contribution in [0.5, 0.6) is 23.0 Å². The molecule has 0 bridgehead atoms. The van der Waals surface area contributed by atoms with E-state index >= 15 is 0 Å². The molecule has 0 unspecified atom stereocenters. The third-order valence-electron chi connectivity index (χ3n) is 4.08. The van der Waals surface area contributed by atoms with Crippen molar-refractivity contribution in [3.63, 3.8) is 0 Å². The largest absolute Gasteiger partial charge is 0.497 e. The first-order valence-electron chi connectivity index (χ1n) is 10.2. The van der Waals surface area contributed by atoms with Crippen molar-refractivity contribution in [2.75, 3.05) is 27.9 Å². The quantitative estimate of drug-likeness (QED) is 0.498. The molecule has 3 aromatic rings. The van der Waals surface area contributed by atoms with E-state index in [-0.39, 0.29) is 0 Å². The molecule has 0 aromatic heterocycles. The van der Waals surface area contributed by atoms with Gasteiger partial charge in [-0.3, -0.25) is 0 Å². The summed E-state index contributed by atoms with van der Waals surface area (Å²) in [6, 6.07) is 25.4. The lowest BCUT2D eigenvalue weighted by Gasteiger charge is -2.17. The lowest BCUT2D eigenvalue weighted by Crippen LogP contribution is -2.07. The van der Waals surface area contributed by atoms with Gasteiger partial charge in [0, 0.05) is 6.07 Å². The number of hydrogen-bond donors (Lipinski definition) is 0. The molecular weight excluding hydrogens is 376 g/mol. The first kappa shape index (κ1) is 24.9. The summed E-state index contributed by atoms with van der Waals surface area (Å²) in [4.78, 5) is 0. The lowest BCUT2D eigenvalue weighted by atomic mass is 10.1. The van der Waals surface area contributed by atoms with Crippen molar-refractivity contribution in [2.24, 2.45) is 0 Å². The molecule has 0 saturated heterocycles. The van der Waals surface area contributed by atoms with E-state index in [2.05, 4.69) is 6.07 Å². The van der Waals surface area contributed by atoms with Crippen LogP contribution in [-0.4, -0.2) is 27.9 Å². The van der Waals surface area contributed by atoms with Gasteiger partial charge in [-0.1, -0.05) is 56.3 Å². The molecular formula is C26H34O4. The highest BCUT2D eigenvalue weighted by Crippen LogP contribution is 2.28. The smallest absolute Gasteiger partial charge is 0.126 e. The van der Waals surface area contributed by atoms with Gasteiger partial charge in [0.05, 0.1) is 27.9 Å². The SMILES string of the molecule is CC.COc1ccc2c(c1)OCCC2.COc1ccccc1.COc1ccccc1. The number of para-hydroxylation sites is 2. The van der Waals surface area contributed by atoms with Gasteiger partial charge in [-0.25, -0.2) is 0 Å². The van der Waals surface area contributed by atoms with Crippen LogP contribution in [0.2, 0.25) is 0 Å². The Hall–Kier alpha value is -3.14. The van der Waals surface area contributed by atoms with Crippen molar-refractivity contribution >= 4 is 0 Å². The van der Waals surface area contributed by atoms with Crippen LogP contribution in [-0.2, 0) is 6.42 Å². The molecule has 0 saturated carbocycles. The summed E-state index contributed by atoms with van der Waals surface area (Å²) < 4.78 is 20.4. The average Bonchev–Trinajstić information content (AvgIpc) is 2.86. The standard InChI is InChI=1S/C10H12O2.2C7H8O.C2H6/c1-11-9-5-4-8-3-2-6-12-10(8)7-9;2*1-8-7-5-3-2-4-6-7;1-2/h4-5,7H,2-3,6H2,1H3;2*2-6H,1H3;1-2H3. The minimum atomic E-state index is 0.833. The van der Waals surface area contributed by atoms with Crippen molar-refractivity contribution in [3.05, 3.63) is 84.4 Å². The minimum Gasteiger partial charge on any atom is -0.497 e. The number of rotatable bonds is 3. The first-order chi connectivity index (χ1) is 14.8. The molecule has 0 amide bonds. The van der Waals surface area contributed by atoms with E-state index in [4.69, 9.17) is 18.9 Å². The number of benzene rings is 3. The van der Waals surface area contributed by atoms with Crippen molar-refractivity contribution in [1.82, 2.24) is 0 Å². The third-order valence-corrected chi connectivity index (χ3v) is 4.08. The van der Waals surface area contributed by atoms with E-state index in [0.717, 1.165) is 42.4 Å². The molecule has 4 nitrogen and oxygen atoms in total. The zero-order chi connectivity index (χ0) is 22.0. The summed E-state index contributed by atoms with van der Waals surface area (Å²) in [5, 5.41) is 0. The molecule has 1 heterocycles. The van der Waals surface area contributed by atoms with Crippen LogP contribution in [0.25, 0.3) is 0 Å². The van der Waals surface area contributed by atoms with Gasteiger partial charge >= 0.3 is 0 Å². The second kappa shape index (κ2) is 15.7. The molecule has 0 spiro atoms. The highest BCUT2D eigenvalue weighted by atomic mass is 16.5. The average molecular weight is 411 g/mol. The van der Waals surface area contributed by atoms with E-state index in [1.54, 1.807) is 21.3 Å².